The van der Waals surface area contributed by atoms with Crippen LogP contribution in [-0.4, -0.2) is 33.9 Å². The fourth-order valence-corrected chi connectivity index (χ4v) is 2.14. The molecule has 104 valence electrons. The van der Waals surface area contributed by atoms with Gasteiger partial charge in [-0.25, -0.2) is 4.98 Å². The number of nitrogens with one attached hydrogen (secondary N) is 1. The molecule has 5 heteroatoms. The van der Waals surface area contributed by atoms with Crippen molar-refractivity contribution in [2.75, 3.05) is 13.2 Å². The summed E-state index contributed by atoms with van der Waals surface area (Å²) >= 11 is 0. The van der Waals surface area contributed by atoms with Crippen LogP contribution in [0.4, 0.5) is 0 Å². The molecule has 0 saturated heterocycles. The molecule has 0 saturated carbocycles. The molecule has 0 aromatic carbocycles. The van der Waals surface area contributed by atoms with Gasteiger partial charge in [0.15, 0.2) is 0 Å². The van der Waals surface area contributed by atoms with E-state index >= 15 is 0 Å². The Morgan fingerprint density at radius 2 is 2.22 bits per heavy atom. The van der Waals surface area contributed by atoms with E-state index in [4.69, 9.17) is 10.8 Å². The first-order valence-corrected chi connectivity index (χ1v) is 6.72. The Bertz CT molecular complexity index is 337. The average molecular weight is 254 g/mol. The van der Waals surface area contributed by atoms with Crippen molar-refractivity contribution in [3.05, 3.63) is 18.2 Å². The molecule has 0 aliphatic rings. The number of aromatic nitrogens is 2. The lowest BCUT2D eigenvalue weighted by Crippen LogP contribution is -2.38. The Kier molecular flexibility index (Phi) is 6.32. The molecule has 4 N–H and O–H groups in total. The number of aliphatic hydroxyl groups is 1. The van der Waals surface area contributed by atoms with E-state index in [1.165, 1.54) is 0 Å². The summed E-state index contributed by atoms with van der Waals surface area (Å²) in [5, 5.41) is 12.5. The zero-order chi connectivity index (χ0) is 13.5. The number of rotatable bonds is 8. The van der Waals surface area contributed by atoms with Gasteiger partial charge in [0.25, 0.3) is 0 Å². The Balaban J connectivity index is 2.78. The maximum Gasteiger partial charge on any atom is 0.0951 e. The fourth-order valence-electron chi connectivity index (χ4n) is 2.14. The summed E-state index contributed by atoms with van der Waals surface area (Å²) in [6.07, 6.45) is 5.45. The minimum absolute atomic E-state index is 0.0893. The minimum atomic E-state index is 0.0893. The number of nitrogens with two attached hydrogens (primary N) is 1. The van der Waals surface area contributed by atoms with E-state index in [0.29, 0.717) is 18.6 Å². The highest BCUT2D eigenvalue weighted by atomic mass is 16.3. The molecule has 1 rings (SSSR count). The molecule has 1 heterocycles. The van der Waals surface area contributed by atoms with Crippen LogP contribution in [0.3, 0.4) is 0 Å². The van der Waals surface area contributed by atoms with Crippen molar-refractivity contribution >= 4 is 0 Å². The standard InChI is InChI=1S/C13H26N4O/c1-4-11(5-6-18)16-12(7-14)13-8-15-9-17(13)10(2)3/h8-12,16,18H,4-7,14H2,1-3H3. The summed E-state index contributed by atoms with van der Waals surface area (Å²) in [5.41, 5.74) is 6.98. The molecular formula is C13H26N4O. The molecule has 5 nitrogen and oxygen atoms in total. The van der Waals surface area contributed by atoms with Gasteiger partial charge in [-0.2, -0.15) is 0 Å². The van der Waals surface area contributed by atoms with E-state index in [0.717, 1.165) is 18.5 Å². The molecule has 0 bridgehead atoms. The summed E-state index contributed by atoms with van der Waals surface area (Å²) in [6.45, 7) is 7.10. The van der Waals surface area contributed by atoms with Gasteiger partial charge in [-0.15, -0.1) is 0 Å². The van der Waals surface area contributed by atoms with Crippen LogP contribution in [0.15, 0.2) is 12.5 Å². The predicted octanol–water partition coefficient (Wildman–Crippen LogP) is 1.21. The first kappa shape index (κ1) is 15.1. The topological polar surface area (TPSA) is 76.1 Å². The second kappa shape index (κ2) is 7.51. The predicted molar refractivity (Wildman–Crippen MR) is 73.3 cm³/mol. The molecular weight excluding hydrogens is 228 g/mol. The van der Waals surface area contributed by atoms with Gasteiger partial charge >= 0.3 is 0 Å². The quantitative estimate of drug-likeness (QED) is 0.652. The first-order valence-electron chi connectivity index (χ1n) is 6.72. The summed E-state index contributed by atoms with van der Waals surface area (Å²) in [5.74, 6) is 0. The Labute approximate surface area is 109 Å². The molecule has 0 radical (unpaired) electrons. The third kappa shape index (κ3) is 3.80. The minimum Gasteiger partial charge on any atom is -0.396 e. The first-order chi connectivity index (χ1) is 8.63. The van der Waals surface area contributed by atoms with Crippen molar-refractivity contribution in [1.29, 1.82) is 0 Å². The summed E-state index contributed by atoms with van der Waals surface area (Å²) < 4.78 is 2.14. The zero-order valence-electron chi connectivity index (χ0n) is 11.6. The van der Waals surface area contributed by atoms with Crippen molar-refractivity contribution in [3.63, 3.8) is 0 Å². The largest absolute Gasteiger partial charge is 0.396 e. The average Bonchev–Trinajstić information content (AvgIpc) is 2.83. The van der Waals surface area contributed by atoms with Crippen molar-refractivity contribution < 1.29 is 5.11 Å². The summed E-state index contributed by atoms with van der Waals surface area (Å²) in [7, 11) is 0. The van der Waals surface area contributed by atoms with Crippen LogP contribution in [0.1, 0.15) is 51.4 Å². The number of aliphatic hydroxyl groups excluding tert-OH is 1. The molecule has 0 fully saturated rings. The van der Waals surface area contributed by atoms with Crippen LogP contribution in [0, 0.1) is 0 Å². The lowest BCUT2D eigenvalue weighted by Gasteiger charge is -2.25. The van der Waals surface area contributed by atoms with Crippen LogP contribution in [0.25, 0.3) is 0 Å². The highest BCUT2D eigenvalue weighted by Gasteiger charge is 2.18. The zero-order valence-corrected chi connectivity index (χ0v) is 11.6. The number of imidazole rings is 1. The van der Waals surface area contributed by atoms with Gasteiger partial charge in [-0.05, 0) is 26.7 Å². The second-order valence-corrected chi connectivity index (χ2v) is 4.89. The molecule has 0 spiro atoms. The normalized spacial score (nSPS) is 15.0. The van der Waals surface area contributed by atoms with Crippen LogP contribution in [0.5, 0.6) is 0 Å². The lowest BCUT2D eigenvalue weighted by atomic mass is 10.1. The molecule has 1 aromatic rings. The van der Waals surface area contributed by atoms with Gasteiger partial charge in [0.05, 0.1) is 18.1 Å². The lowest BCUT2D eigenvalue weighted by molar-refractivity contribution is 0.254. The number of hydrogen-bond acceptors (Lipinski definition) is 4. The summed E-state index contributed by atoms with van der Waals surface area (Å²) in [6, 6.07) is 0.752. The Hall–Kier alpha value is -0.910. The van der Waals surface area contributed by atoms with Gasteiger partial charge in [-0.1, -0.05) is 6.92 Å². The van der Waals surface area contributed by atoms with Gasteiger partial charge in [0, 0.05) is 31.4 Å². The number of hydrogen-bond donors (Lipinski definition) is 3. The molecule has 0 amide bonds. The van der Waals surface area contributed by atoms with Crippen molar-refractivity contribution in [2.45, 2.75) is 51.7 Å². The van der Waals surface area contributed by atoms with Gasteiger partial charge in [-0.3, -0.25) is 0 Å². The van der Waals surface area contributed by atoms with Crippen molar-refractivity contribution in [1.82, 2.24) is 14.9 Å². The highest BCUT2D eigenvalue weighted by Crippen LogP contribution is 2.17. The Morgan fingerprint density at radius 3 is 2.72 bits per heavy atom. The van der Waals surface area contributed by atoms with E-state index in [9.17, 15) is 0 Å². The van der Waals surface area contributed by atoms with E-state index in [1.807, 2.05) is 12.5 Å². The van der Waals surface area contributed by atoms with Gasteiger partial charge < -0.3 is 20.7 Å². The molecule has 1 aromatic heterocycles. The van der Waals surface area contributed by atoms with Crippen LogP contribution < -0.4 is 11.1 Å². The fraction of sp³-hybridized carbons (Fsp3) is 0.769. The van der Waals surface area contributed by atoms with Crippen molar-refractivity contribution in [3.8, 4) is 0 Å². The summed E-state index contributed by atoms with van der Waals surface area (Å²) in [4.78, 5) is 4.21. The van der Waals surface area contributed by atoms with Crippen molar-refractivity contribution in [2.24, 2.45) is 5.73 Å². The third-order valence-electron chi connectivity index (χ3n) is 3.25. The van der Waals surface area contributed by atoms with E-state index in [-0.39, 0.29) is 12.6 Å². The molecule has 2 atom stereocenters. The molecule has 0 aliphatic heterocycles. The number of nitrogens with zero attached hydrogens (tertiary/aromatic N) is 2. The van der Waals surface area contributed by atoms with Crippen LogP contribution in [0.2, 0.25) is 0 Å². The van der Waals surface area contributed by atoms with Crippen LogP contribution >= 0.6 is 0 Å². The van der Waals surface area contributed by atoms with Crippen LogP contribution in [-0.2, 0) is 0 Å². The maximum absolute atomic E-state index is 9.04. The maximum atomic E-state index is 9.04. The smallest absolute Gasteiger partial charge is 0.0951 e. The highest BCUT2D eigenvalue weighted by molar-refractivity contribution is 5.07. The van der Waals surface area contributed by atoms with E-state index in [2.05, 4.69) is 35.6 Å². The SMILES string of the molecule is CCC(CCO)NC(CN)c1cncn1C(C)C. The van der Waals surface area contributed by atoms with Gasteiger partial charge in [0.2, 0.25) is 0 Å². The van der Waals surface area contributed by atoms with Gasteiger partial charge in [0.1, 0.15) is 0 Å². The monoisotopic (exact) mass is 254 g/mol. The molecule has 0 aliphatic carbocycles. The van der Waals surface area contributed by atoms with E-state index < -0.39 is 0 Å². The third-order valence-corrected chi connectivity index (χ3v) is 3.25. The molecule has 2 unspecified atom stereocenters. The molecule has 18 heavy (non-hydrogen) atoms. The van der Waals surface area contributed by atoms with E-state index in [1.54, 1.807) is 0 Å². The second-order valence-electron chi connectivity index (χ2n) is 4.89. The Morgan fingerprint density at radius 1 is 1.50 bits per heavy atom.